The molecule has 3 rings (SSSR count). The number of hydrazine groups is 1. The van der Waals surface area contributed by atoms with E-state index in [2.05, 4.69) is 26.8 Å². The normalized spacial score (nSPS) is 10.5. The molecule has 3 aromatic rings. The fraction of sp³-hybridized carbons (Fsp3) is 0. The number of carbonyl (C=O) groups excluding carboxylic acids is 3. The third-order valence-corrected chi connectivity index (χ3v) is 4.80. The predicted octanol–water partition coefficient (Wildman–Crippen LogP) is 4.80. The Labute approximate surface area is 192 Å². The van der Waals surface area contributed by atoms with Crippen molar-refractivity contribution < 1.29 is 19.1 Å². The molecule has 0 bridgehead atoms. The van der Waals surface area contributed by atoms with E-state index in [0.29, 0.717) is 21.7 Å². The fourth-order valence-electron chi connectivity index (χ4n) is 2.45. The molecule has 0 fully saturated rings. The number of rotatable bonds is 5. The van der Waals surface area contributed by atoms with E-state index in [1.807, 2.05) is 0 Å². The van der Waals surface area contributed by atoms with Gasteiger partial charge in [0.2, 0.25) is 0 Å². The first-order valence-corrected chi connectivity index (χ1v) is 10.2. The second-order valence-corrected chi connectivity index (χ2v) is 7.57. The Morgan fingerprint density at radius 2 is 1.48 bits per heavy atom. The van der Waals surface area contributed by atoms with Crippen LogP contribution in [0.15, 0.2) is 83.3 Å². The van der Waals surface area contributed by atoms with Gasteiger partial charge >= 0.3 is 5.97 Å². The van der Waals surface area contributed by atoms with Gasteiger partial charge in [-0.05, 0) is 60.7 Å². The van der Waals surface area contributed by atoms with Crippen molar-refractivity contribution in [2.24, 2.45) is 0 Å². The largest absolute Gasteiger partial charge is 0.422 e. The standard InChI is InChI=1S/C23H16BrClN2O4/c24-18-10-5-16(6-11-18)22(29)27-26-21(28)14-9-15-3-1-2-4-20(15)31-23(30)17-7-12-19(25)13-8-17/h1-14H,(H,26,28)(H,27,29)/b14-9+. The molecule has 0 unspecified atom stereocenters. The molecule has 0 saturated carbocycles. The van der Waals surface area contributed by atoms with E-state index in [4.69, 9.17) is 16.3 Å². The maximum Gasteiger partial charge on any atom is 0.343 e. The fourth-order valence-corrected chi connectivity index (χ4v) is 2.85. The molecule has 0 aliphatic heterocycles. The highest BCUT2D eigenvalue weighted by Gasteiger charge is 2.11. The van der Waals surface area contributed by atoms with Crippen LogP contribution in [-0.4, -0.2) is 17.8 Å². The van der Waals surface area contributed by atoms with Gasteiger partial charge < -0.3 is 4.74 Å². The zero-order chi connectivity index (χ0) is 22.2. The monoisotopic (exact) mass is 498 g/mol. The number of esters is 1. The van der Waals surface area contributed by atoms with Gasteiger partial charge in [-0.2, -0.15) is 0 Å². The van der Waals surface area contributed by atoms with Gasteiger partial charge in [0.25, 0.3) is 11.8 Å². The molecule has 0 radical (unpaired) electrons. The highest BCUT2D eigenvalue weighted by atomic mass is 79.9. The molecule has 31 heavy (non-hydrogen) atoms. The summed E-state index contributed by atoms with van der Waals surface area (Å²) in [5, 5.41) is 0.512. The van der Waals surface area contributed by atoms with E-state index >= 15 is 0 Å². The number of carbonyl (C=O) groups is 3. The van der Waals surface area contributed by atoms with Crippen LogP contribution in [0, 0.1) is 0 Å². The summed E-state index contributed by atoms with van der Waals surface area (Å²) in [7, 11) is 0. The van der Waals surface area contributed by atoms with Crippen LogP contribution >= 0.6 is 27.5 Å². The van der Waals surface area contributed by atoms with E-state index in [-0.39, 0.29) is 5.75 Å². The van der Waals surface area contributed by atoms with Crippen LogP contribution in [0.2, 0.25) is 5.02 Å². The van der Waals surface area contributed by atoms with Crippen LogP contribution in [0.25, 0.3) is 6.08 Å². The summed E-state index contributed by atoms with van der Waals surface area (Å²) in [5.74, 6) is -1.27. The number of hydrogen-bond donors (Lipinski definition) is 2. The lowest BCUT2D eigenvalue weighted by atomic mass is 10.2. The quantitative estimate of drug-likeness (QED) is 0.229. The van der Waals surface area contributed by atoms with Gasteiger partial charge in [0.05, 0.1) is 5.56 Å². The molecule has 0 aliphatic rings. The second-order valence-electron chi connectivity index (χ2n) is 6.22. The minimum atomic E-state index is -0.552. The number of ether oxygens (including phenoxy) is 1. The van der Waals surface area contributed by atoms with E-state index in [1.54, 1.807) is 72.8 Å². The molecule has 156 valence electrons. The van der Waals surface area contributed by atoms with Crippen LogP contribution in [0.5, 0.6) is 5.75 Å². The highest BCUT2D eigenvalue weighted by Crippen LogP contribution is 2.21. The van der Waals surface area contributed by atoms with Gasteiger partial charge in [0.1, 0.15) is 5.75 Å². The van der Waals surface area contributed by atoms with Crippen LogP contribution < -0.4 is 15.6 Å². The van der Waals surface area contributed by atoms with E-state index in [9.17, 15) is 14.4 Å². The molecule has 8 heteroatoms. The minimum absolute atomic E-state index is 0.283. The van der Waals surface area contributed by atoms with Crippen molar-refractivity contribution in [3.63, 3.8) is 0 Å². The highest BCUT2D eigenvalue weighted by molar-refractivity contribution is 9.10. The number of hydrogen-bond acceptors (Lipinski definition) is 4. The summed E-state index contributed by atoms with van der Waals surface area (Å²) in [6.07, 6.45) is 2.70. The smallest absolute Gasteiger partial charge is 0.343 e. The predicted molar refractivity (Wildman–Crippen MR) is 122 cm³/mol. The summed E-state index contributed by atoms with van der Waals surface area (Å²) in [4.78, 5) is 36.4. The third kappa shape index (κ3) is 6.53. The Morgan fingerprint density at radius 1 is 0.839 bits per heavy atom. The summed E-state index contributed by atoms with van der Waals surface area (Å²) in [6.45, 7) is 0. The average Bonchev–Trinajstić information content (AvgIpc) is 2.77. The van der Waals surface area contributed by atoms with Gasteiger partial charge in [-0.25, -0.2) is 4.79 Å². The van der Waals surface area contributed by atoms with Crippen LogP contribution in [0.4, 0.5) is 0 Å². The molecule has 0 aromatic heterocycles. The summed E-state index contributed by atoms with van der Waals surface area (Å²) in [5.41, 5.74) is 5.88. The van der Waals surface area contributed by atoms with Crippen molar-refractivity contribution in [1.29, 1.82) is 0 Å². The second kappa shape index (κ2) is 10.6. The molecular formula is C23H16BrClN2O4. The first-order valence-electron chi connectivity index (χ1n) is 9.03. The van der Waals surface area contributed by atoms with Crippen molar-refractivity contribution in [1.82, 2.24) is 10.9 Å². The first kappa shape index (κ1) is 22.3. The van der Waals surface area contributed by atoms with E-state index < -0.39 is 17.8 Å². The lowest BCUT2D eigenvalue weighted by molar-refractivity contribution is -0.117. The van der Waals surface area contributed by atoms with E-state index in [1.165, 1.54) is 12.2 Å². The first-order chi connectivity index (χ1) is 14.9. The number of benzene rings is 3. The van der Waals surface area contributed by atoms with Crippen molar-refractivity contribution in [2.45, 2.75) is 0 Å². The Balaban J connectivity index is 1.60. The topological polar surface area (TPSA) is 84.5 Å². The maximum absolute atomic E-state index is 12.3. The third-order valence-electron chi connectivity index (χ3n) is 4.02. The van der Waals surface area contributed by atoms with Crippen molar-refractivity contribution in [3.05, 3.63) is 105 Å². The zero-order valence-electron chi connectivity index (χ0n) is 16.0. The Morgan fingerprint density at radius 3 is 2.19 bits per heavy atom. The molecular weight excluding hydrogens is 484 g/mol. The number of halogens is 2. The van der Waals surface area contributed by atoms with Crippen molar-refractivity contribution in [2.75, 3.05) is 0 Å². The average molecular weight is 500 g/mol. The number of amides is 2. The molecule has 3 aromatic carbocycles. The Kier molecular flexibility index (Phi) is 7.59. The zero-order valence-corrected chi connectivity index (χ0v) is 18.3. The Bertz CT molecular complexity index is 1130. The molecule has 2 amide bonds. The lowest BCUT2D eigenvalue weighted by Crippen LogP contribution is -2.40. The molecule has 0 aliphatic carbocycles. The van der Waals surface area contributed by atoms with Gasteiger partial charge in [-0.15, -0.1) is 0 Å². The summed E-state index contributed by atoms with van der Waals surface area (Å²) in [6, 6.07) is 19.7. The molecule has 6 nitrogen and oxygen atoms in total. The van der Waals surface area contributed by atoms with Crippen LogP contribution in [0.3, 0.4) is 0 Å². The minimum Gasteiger partial charge on any atom is -0.422 e. The van der Waals surface area contributed by atoms with Crippen LogP contribution in [-0.2, 0) is 4.79 Å². The van der Waals surface area contributed by atoms with Crippen molar-refractivity contribution >= 4 is 51.4 Å². The van der Waals surface area contributed by atoms with Gasteiger partial charge in [0.15, 0.2) is 0 Å². The molecule has 2 N–H and O–H groups in total. The summed E-state index contributed by atoms with van der Waals surface area (Å²) >= 11 is 9.12. The molecule has 0 spiro atoms. The molecule has 0 saturated heterocycles. The number of para-hydroxylation sites is 1. The van der Waals surface area contributed by atoms with Crippen LogP contribution in [0.1, 0.15) is 26.3 Å². The maximum atomic E-state index is 12.3. The van der Waals surface area contributed by atoms with Gasteiger partial charge in [0, 0.05) is 26.7 Å². The molecule has 0 heterocycles. The lowest BCUT2D eigenvalue weighted by Gasteiger charge is -2.08. The van der Waals surface area contributed by atoms with Crippen molar-refractivity contribution in [3.8, 4) is 5.75 Å². The van der Waals surface area contributed by atoms with E-state index in [0.717, 1.165) is 4.47 Å². The summed E-state index contributed by atoms with van der Waals surface area (Å²) < 4.78 is 6.27. The molecule has 0 atom stereocenters. The SMILES string of the molecule is O=C(/C=C/c1ccccc1OC(=O)c1ccc(Cl)cc1)NNC(=O)c1ccc(Br)cc1. The van der Waals surface area contributed by atoms with Gasteiger partial charge in [-0.1, -0.05) is 45.7 Å². The number of nitrogens with one attached hydrogen (secondary N) is 2. The Hall–Kier alpha value is -3.42. The van der Waals surface area contributed by atoms with Gasteiger partial charge in [-0.3, -0.25) is 20.4 Å².